The first-order chi connectivity index (χ1) is 7.79. The molecule has 0 unspecified atom stereocenters. The fraction of sp³-hybridized carbons (Fsp3) is 0.500. The van der Waals surface area contributed by atoms with Gasteiger partial charge >= 0.3 is 0 Å². The van der Waals surface area contributed by atoms with E-state index in [4.69, 9.17) is 0 Å². The van der Waals surface area contributed by atoms with Crippen LogP contribution in [0.2, 0.25) is 0 Å². The molecule has 1 aromatic rings. The second kappa shape index (κ2) is 8.15. The van der Waals surface area contributed by atoms with E-state index < -0.39 is 0 Å². The second-order valence-electron chi connectivity index (χ2n) is 3.61. The maximum absolute atomic E-state index is 2.24. The lowest BCUT2D eigenvalue weighted by molar-refractivity contribution is 1.02. The highest BCUT2D eigenvalue weighted by atomic mass is 14.1. The fourth-order valence-corrected chi connectivity index (χ4v) is 1.87. The maximum atomic E-state index is 2.24. The van der Waals surface area contributed by atoms with E-state index in [9.17, 15) is 0 Å². The number of fused-ring (bicyclic) bond motifs is 1. The molecule has 1 aliphatic carbocycles. The summed E-state index contributed by atoms with van der Waals surface area (Å²) in [5, 5.41) is 2.92. The molecule has 1 aromatic carbocycles. The van der Waals surface area contributed by atoms with Gasteiger partial charge in [0.25, 0.3) is 0 Å². The van der Waals surface area contributed by atoms with Crippen LogP contribution in [0.5, 0.6) is 0 Å². The van der Waals surface area contributed by atoms with Gasteiger partial charge in [0.1, 0.15) is 0 Å². The predicted octanol–water partition coefficient (Wildman–Crippen LogP) is 3.87. The van der Waals surface area contributed by atoms with Gasteiger partial charge in [-0.2, -0.15) is 0 Å². The Hall–Kier alpha value is -1.04. The average molecular weight is 218 g/mol. The van der Waals surface area contributed by atoms with Crippen LogP contribution in [0, 0.1) is 0 Å². The quantitative estimate of drug-likeness (QED) is 0.620. The summed E-state index contributed by atoms with van der Waals surface area (Å²) >= 11 is 0. The molecule has 0 aliphatic heterocycles. The highest BCUT2D eigenvalue weighted by molar-refractivity contribution is 5.55. The van der Waals surface area contributed by atoms with E-state index in [0.29, 0.717) is 0 Å². The second-order valence-corrected chi connectivity index (χ2v) is 3.61. The first-order valence-corrected chi connectivity index (χ1v) is 6.53. The molecule has 1 aliphatic rings. The van der Waals surface area contributed by atoms with E-state index in [0.717, 1.165) is 0 Å². The zero-order chi connectivity index (χ0) is 12.6. The molecule has 0 aromatic heterocycles. The lowest BCUT2D eigenvalue weighted by Gasteiger charge is -2.10. The maximum Gasteiger partial charge on any atom is -0.0195 e. The van der Waals surface area contributed by atoms with Gasteiger partial charge in [-0.3, -0.25) is 0 Å². The van der Waals surface area contributed by atoms with Gasteiger partial charge in [0.2, 0.25) is 0 Å². The van der Waals surface area contributed by atoms with Gasteiger partial charge in [-0.05, 0) is 37.1 Å². The first kappa shape index (κ1) is 15.0. The van der Waals surface area contributed by atoms with Crippen molar-refractivity contribution in [1.82, 2.24) is 0 Å². The number of hydrogen-bond donors (Lipinski definition) is 0. The smallest absolute Gasteiger partial charge is 0.0195 e. The summed E-state index contributed by atoms with van der Waals surface area (Å²) in [6, 6.07) is 8.71. The summed E-state index contributed by atoms with van der Waals surface area (Å²) in [6.45, 7) is 12.5. The third-order valence-electron chi connectivity index (χ3n) is 2.72. The molecular weight excluding hydrogens is 192 g/mol. The van der Waals surface area contributed by atoms with Crippen molar-refractivity contribution in [2.45, 2.75) is 54.4 Å². The predicted molar refractivity (Wildman–Crippen MR) is 75.8 cm³/mol. The monoisotopic (exact) mass is 218 g/mol. The van der Waals surface area contributed by atoms with Crippen LogP contribution in [0.3, 0.4) is 0 Å². The minimum atomic E-state index is 1.24. The van der Waals surface area contributed by atoms with Crippen molar-refractivity contribution in [3.8, 4) is 0 Å². The van der Waals surface area contributed by atoms with E-state index in [1.807, 2.05) is 27.7 Å². The Morgan fingerprint density at radius 3 is 1.31 bits per heavy atom. The SMILES string of the molecule is CC.CC.CC1=c2ccccc2=C(C)CC1. The summed E-state index contributed by atoms with van der Waals surface area (Å²) in [7, 11) is 0. The Bertz CT molecular complexity index is 369. The Morgan fingerprint density at radius 2 is 1.00 bits per heavy atom. The Labute approximate surface area is 101 Å². The largest absolute Gasteiger partial charge is 0.0683 e. The molecule has 0 nitrogen and oxygen atoms in total. The van der Waals surface area contributed by atoms with Crippen LogP contribution in [0.4, 0.5) is 0 Å². The van der Waals surface area contributed by atoms with Crippen molar-refractivity contribution in [3.63, 3.8) is 0 Å². The molecule has 0 spiro atoms. The van der Waals surface area contributed by atoms with Gasteiger partial charge in [-0.15, -0.1) is 0 Å². The number of rotatable bonds is 0. The molecule has 2 rings (SSSR count). The molecule has 0 saturated carbocycles. The van der Waals surface area contributed by atoms with Crippen molar-refractivity contribution in [1.29, 1.82) is 0 Å². The van der Waals surface area contributed by atoms with Gasteiger partial charge in [0, 0.05) is 0 Å². The Morgan fingerprint density at radius 1 is 0.688 bits per heavy atom. The Kier molecular flexibility index (Phi) is 7.62. The molecule has 0 fully saturated rings. The molecule has 0 bridgehead atoms. The van der Waals surface area contributed by atoms with Crippen LogP contribution >= 0.6 is 0 Å². The zero-order valence-electron chi connectivity index (χ0n) is 11.7. The Balaban J connectivity index is 0.000000509. The van der Waals surface area contributed by atoms with Gasteiger partial charge < -0.3 is 0 Å². The molecule has 0 N–H and O–H groups in total. The lowest BCUT2D eigenvalue weighted by Crippen LogP contribution is -2.30. The first-order valence-electron chi connectivity index (χ1n) is 6.53. The highest BCUT2D eigenvalue weighted by Crippen LogP contribution is 2.12. The minimum absolute atomic E-state index is 1.24. The minimum Gasteiger partial charge on any atom is -0.0683 e. The lowest BCUT2D eigenvalue weighted by atomic mass is 9.96. The molecule has 16 heavy (non-hydrogen) atoms. The normalized spacial score (nSPS) is 12.9. The third-order valence-corrected chi connectivity index (χ3v) is 2.72. The summed E-state index contributed by atoms with van der Waals surface area (Å²) in [6.07, 6.45) is 2.48. The molecule has 0 atom stereocenters. The number of hydrogen-bond acceptors (Lipinski definition) is 0. The van der Waals surface area contributed by atoms with Gasteiger partial charge in [-0.1, -0.05) is 63.1 Å². The molecule has 0 saturated heterocycles. The van der Waals surface area contributed by atoms with E-state index in [-0.39, 0.29) is 0 Å². The van der Waals surface area contributed by atoms with Crippen LogP contribution < -0.4 is 10.4 Å². The molecule has 90 valence electrons. The van der Waals surface area contributed by atoms with E-state index in [2.05, 4.69) is 38.1 Å². The van der Waals surface area contributed by atoms with E-state index in [1.54, 1.807) is 0 Å². The van der Waals surface area contributed by atoms with Crippen molar-refractivity contribution in [2.24, 2.45) is 0 Å². The molecular formula is C16H26. The molecule has 0 heteroatoms. The van der Waals surface area contributed by atoms with Crippen LogP contribution in [-0.4, -0.2) is 0 Å². The zero-order valence-corrected chi connectivity index (χ0v) is 11.7. The topological polar surface area (TPSA) is 0 Å². The molecule has 0 heterocycles. The number of benzene rings is 1. The van der Waals surface area contributed by atoms with E-state index >= 15 is 0 Å². The van der Waals surface area contributed by atoms with Gasteiger partial charge in [-0.25, -0.2) is 0 Å². The highest BCUT2D eigenvalue weighted by Gasteiger charge is 2.02. The van der Waals surface area contributed by atoms with Gasteiger partial charge in [0.15, 0.2) is 0 Å². The molecule has 0 radical (unpaired) electrons. The third kappa shape index (κ3) is 3.52. The summed E-state index contributed by atoms with van der Waals surface area (Å²) in [4.78, 5) is 0. The van der Waals surface area contributed by atoms with Crippen LogP contribution in [0.1, 0.15) is 54.4 Å². The van der Waals surface area contributed by atoms with Crippen molar-refractivity contribution in [3.05, 3.63) is 34.7 Å². The van der Waals surface area contributed by atoms with E-state index in [1.165, 1.54) is 34.4 Å². The van der Waals surface area contributed by atoms with Crippen LogP contribution in [-0.2, 0) is 0 Å². The standard InChI is InChI=1S/C12H14.2C2H6/c1-9-7-8-10(2)12-6-4-3-5-11(9)12;2*1-2/h3-6H,7-8H2,1-2H3;2*1-2H3. The van der Waals surface area contributed by atoms with Crippen molar-refractivity contribution < 1.29 is 0 Å². The van der Waals surface area contributed by atoms with Gasteiger partial charge in [0.05, 0.1) is 0 Å². The summed E-state index contributed by atoms with van der Waals surface area (Å²) in [5.74, 6) is 0. The average Bonchev–Trinajstić information content (AvgIpc) is 2.39. The van der Waals surface area contributed by atoms with Crippen molar-refractivity contribution >= 4 is 11.1 Å². The van der Waals surface area contributed by atoms with Crippen molar-refractivity contribution in [2.75, 3.05) is 0 Å². The fourth-order valence-electron chi connectivity index (χ4n) is 1.87. The summed E-state index contributed by atoms with van der Waals surface area (Å²) in [5.41, 5.74) is 3.08. The van der Waals surface area contributed by atoms with Crippen LogP contribution in [0.25, 0.3) is 11.1 Å². The summed E-state index contributed by atoms with van der Waals surface area (Å²) < 4.78 is 0. The van der Waals surface area contributed by atoms with Crippen LogP contribution in [0.15, 0.2) is 24.3 Å². The molecule has 0 amide bonds.